The Bertz CT molecular complexity index is 4220. The molecule has 0 saturated heterocycles. The smallest absolute Gasteiger partial charge is 0.169 e. The van der Waals surface area contributed by atoms with Gasteiger partial charge in [-0.15, -0.1) is 16.4 Å². The number of thiophene rings is 1. The third-order valence-corrected chi connectivity index (χ3v) is 17.0. The Morgan fingerprint density at radius 1 is 0.337 bits per heavy atom. The summed E-state index contributed by atoms with van der Waals surface area (Å²) in [5, 5.41) is 8.66. The summed E-state index contributed by atoms with van der Waals surface area (Å²) < 4.78 is 1.81. The monoisotopic (exact) mass is 1360 g/mol. The van der Waals surface area contributed by atoms with Gasteiger partial charge in [-0.05, 0) is 173 Å². The number of hydrogen-bond acceptors (Lipinski definition) is 19. The van der Waals surface area contributed by atoms with Gasteiger partial charge in [0.2, 0.25) is 0 Å². The predicted octanol–water partition coefficient (Wildman–Crippen LogP) is 13.9. The van der Waals surface area contributed by atoms with E-state index in [0.717, 1.165) is 158 Å². The van der Waals surface area contributed by atoms with Crippen LogP contribution in [-0.2, 0) is 78.5 Å². The lowest BCUT2D eigenvalue weighted by Gasteiger charge is -2.25. The highest BCUT2D eigenvalue weighted by molar-refractivity contribution is 7.14. The van der Waals surface area contributed by atoms with Crippen molar-refractivity contribution in [2.45, 2.75) is 99.3 Å². The van der Waals surface area contributed by atoms with Crippen LogP contribution in [0, 0.1) is 13.8 Å². The van der Waals surface area contributed by atoms with Crippen molar-refractivity contribution in [2.24, 2.45) is 0 Å². The summed E-state index contributed by atoms with van der Waals surface area (Å²) in [5.74, 6) is 0.118. The van der Waals surface area contributed by atoms with E-state index in [1.165, 1.54) is 16.0 Å². The Kier molecular flexibility index (Phi) is 29.0. The van der Waals surface area contributed by atoms with Gasteiger partial charge in [0.15, 0.2) is 5.78 Å². The number of benzene rings is 1. The van der Waals surface area contributed by atoms with E-state index in [-0.39, 0.29) is 5.78 Å². The third kappa shape index (κ3) is 26.3. The summed E-state index contributed by atoms with van der Waals surface area (Å²) in [5.41, 5.74) is 14.8. The topological polar surface area (TPSA) is 193 Å². The molecular weight excluding hydrogens is 1270 g/mol. The standard InChI is InChI=1S/C22H22N6.C21H25N5.C19H20N4.C19H19N3OS/c1-18-8-10-22(11-9-18)28-17-21(25-26-28)16-27(14-19-6-2-4-12-23-19)15-20-7-3-5-13-24-20;1-25(16-19-8-2-5-11-22-19)14-15-26(17-20-9-3-6-12-23-20)18-21-10-4-7-13-24-21;1-16-8-9-19(22-12-16)15-23(13-17-6-2-4-10-20-17)14-18-7-3-5-11-21-18;1-15(23)19-9-8-18(24-19)14-22(12-16-6-2-4-10-20-16)13-17-7-3-5-11-21-17/h2-13,17H,14-16H2,1H3;2-13H,14-18H2,1H3;2-12H,13-15H2,1H3;2-11H,12-14H2,1H3. The van der Waals surface area contributed by atoms with Crippen LogP contribution >= 0.6 is 11.3 Å². The van der Waals surface area contributed by atoms with Gasteiger partial charge >= 0.3 is 0 Å². The molecule has 0 unspecified atom stereocenters. The molecule has 0 radical (unpaired) electrons. The second-order valence-electron chi connectivity index (χ2n) is 24.4. The van der Waals surface area contributed by atoms with Gasteiger partial charge in [0.25, 0.3) is 0 Å². The van der Waals surface area contributed by atoms with Gasteiger partial charge in [0.05, 0.1) is 79.4 Å². The average Bonchev–Trinajstić information content (AvgIpc) is 1.73. The molecule has 0 N–H and O–H groups in total. The minimum absolute atomic E-state index is 0.118. The number of ketones is 1. The molecule has 13 rings (SSSR count). The molecule has 12 heterocycles. The van der Waals surface area contributed by atoms with E-state index in [0.29, 0.717) is 6.54 Å². The SMILES string of the molecule is CC(=O)c1ccc(CN(Cc2ccccn2)Cc2ccccn2)s1.CN(CCN(Cc1ccccn1)Cc1ccccn1)Cc1ccccn1.Cc1ccc(-n2cc(CN(Cc3ccccn3)Cc3ccccn3)nn2)cc1.Cc1ccc(CN(Cc2ccccn2)Cc2ccccn2)nc1. The van der Waals surface area contributed by atoms with E-state index in [4.69, 9.17) is 0 Å². The Balaban J connectivity index is 0.000000146. The van der Waals surface area contributed by atoms with Crippen LogP contribution < -0.4 is 0 Å². The van der Waals surface area contributed by atoms with Crippen LogP contribution in [0.4, 0.5) is 0 Å². The van der Waals surface area contributed by atoms with Crippen molar-refractivity contribution in [1.82, 2.24) is 89.3 Å². The van der Waals surface area contributed by atoms with Crippen molar-refractivity contribution in [3.05, 3.63) is 364 Å². The summed E-state index contributed by atoms with van der Waals surface area (Å²) in [6.07, 6.45) is 20.4. The van der Waals surface area contributed by atoms with Gasteiger partial charge in [-0.3, -0.25) is 79.1 Å². The number of hydrogen-bond donors (Lipinski definition) is 0. The molecule has 13 aromatic rings. The molecule has 0 atom stereocenters. The molecule has 20 heteroatoms. The van der Waals surface area contributed by atoms with Crippen LogP contribution in [0.1, 0.15) is 95.2 Å². The van der Waals surface area contributed by atoms with Gasteiger partial charge in [-0.25, -0.2) is 4.68 Å². The molecule has 101 heavy (non-hydrogen) atoms. The van der Waals surface area contributed by atoms with Crippen molar-refractivity contribution in [3.63, 3.8) is 0 Å². The van der Waals surface area contributed by atoms with Gasteiger partial charge in [0.1, 0.15) is 0 Å². The fourth-order valence-corrected chi connectivity index (χ4v) is 11.7. The van der Waals surface area contributed by atoms with Crippen molar-refractivity contribution in [2.75, 3.05) is 20.1 Å². The molecule has 0 aliphatic carbocycles. The third-order valence-electron chi connectivity index (χ3n) is 15.8. The van der Waals surface area contributed by atoms with Gasteiger partial charge in [-0.2, -0.15) is 0 Å². The molecule has 0 aliphatic rings. The number of rotatable bonds is 29. The molecule has 0 bridgehead atoms. The maximum atomic E-state index is 11.5. The number of aromatic nitrogens is 13. The minimum Gasteiger partial charge on any atom is -0.299 e. The fourth-order valence-electron chi connectivity index (χ4n) is 10.8. The van der Waals surface area contributed by atoms with E-state index in [2.05, 4.69) is 148 Å². The van der Waals surface area contributed by atoms with Gasteiger partial charge in [0, 0.05) is 158 Å². The lowest BCUT2D eigenvalue weighted by Crippen LogP contribution is -2.33. The molecule has 12 aromatic heterocycles. The van der Waals surface area contributed by atoms with Crippen LogP contribution in [-0.4, -0.2) is 115 Å². The molecule has 19 nitrogen and oxygen atoms in total. The number of Topliss-reactive ketones (excluding diaryl/α,β-unsaturated/α-hetero) is 1. The number of aryl methyl sites for hydroxylation is 2. The number of carbonyl (C=O) groups is 1. The molecule has 1 aromatic carbocycles. The first-order valence-electron chi connectivity index (χ1n) is 33.7. The molecule has 0 aliphatic heterocycles. The summed E-state index contributed by atoms with van der Waals surface area (Å²) in [7, 11) is 2.13. The zero-order valence-corrected chi connectivity index (χ0v) is 58.6. The number of nitrogens with zero attached hydrogens (tertiary/aromatic N) is 18. The highest BCUT2D eigenvalue weighted by Crippen LogP contribution is 2.22. The minimum atomic E-state index is 0.118. The second kappa shape index (κ2) is 40.2. The Labute approximate surface area is 597 Å². The van der Waals surface area contributed by atoms with Crippen molar-refractivity contribution in [1.29, 1.82) is 0 Å². The first-order valence-corrected chi connectivity index (χ1v) is 34.5. The Hall–Kier alpha value is -11.0. The first-order chi connectivity index (χ1) is 49.5. The van der Waals surface area contributed by atoms with Crippen molar-refractivity contribution < 1.29 is 4.79 Å². The summed E-state index contributed by atoms with van der Waals surface area (Å²) in [6, 6.07) is 70.4. The number of likely N-dealkylation sites (N-methyl/N-ethyl adjacent to an activating group) is 1. The Morgan fingerprint density at radius 3 is 0.990 bits per heavy atom. The zero-order valence-electron chi connectivity index (χ0n) is 57.8. The lowest BCUT2D eigenvalue weighted by molar-refractivity contribution is 0.102. The predicted molar refractivity (Wildman–Crippen MR) is 397 cm³/mol. The number of carbonyl (C=O) groups excluding carboxylic acids is 1. The van der Waals surface area contributed by atoms with Gasteiger partial charge in [-0.1, -0.05) is 83.6 Å². The van der Waals surface area contributed by atoms with Crippen LogP contribution in [0.25, 0.3) is 5.69 Å². The quantitative estimate of drug-likeness (QED) is 0.0401. The van der Waals surface area contributed by atoms with Crippen molar-refractivity contribution in [3.8, 4) is 5.69 Å². The lowest BCUT2D eigenvalue weighted by atomic mass is 10.2. The maximum Gasteiger partial charge on any atom is 0.169 e. The molecule has 0 fully saturated rings. The fraction of sp³-hybridized carbons (Fsp3) is 0.222. The average molecular weight is 1360 g/mol. The van der Waals surface area contributed by atoms with Crippen molar-refractivity contribution >= 4 is 17.1 Å². The van der Waals surface area contributed by atoms with Crippen LogP contribution in [0.5, 0.6) is 0 Å². The molecular formula is C81H86N18OS. The first kappa shape index (κ1) is 72.8. The molecule has 0 saturated carbocycles. The summed E-state index contributed by atoms with van der Waals surface area (Å²) >= 11 is 1.56. The van der Waals surface area contributed by atoms with Crippen LogP contribution in [0.3, 0.4) is 0 Å². The zero-order chi connectivity index (χ0) is 69.9. The molecule has 0 spiro atoms. The number of pyridine rings is 10. The summed E-state index contributed by atoms with van der Waals surface area (Å²) in [4.78, 5) is 69.5. The molecule has 512 valence electrons. The normalized spacial score (nSPS) is 11.0. The Morgan fingerprint density at radius 2 is 0.663 bits per heavy atom. The largest absolute Gasteiger partial charge is 0.299 e. The maximum absolute atomic E-state index is 11.5. The van der Waals surface area contributed by atoms with E-state index in [1.54, 1.807) is 18.3 Å². The van der Waals surface area contributed by atoms with E-state index < -0.39 is 0 Å². The molecule has 0 amide bonds. The highest BCUT2D eigenvalue weighted by atomic mass is 32.1. The van der Waals surface area contributed by atoms with Gasteiger partial charge < -0.3 is 0 Å². The van der Waals surface area contributed by atoms with Crippen LogP contribution in [0.15, 0.2) is 280 Å². The van der Waals surface area contributed by atoms with E-state index in [9.17, 15) is 4.79 Å². The highest BCUT2D eigenvalue weighted by Gasteiger charge is 2.17. The van der Waals surface area contributed by atoms with Crippen LogP contribution in [0.2, 0.25) is 0 Å². The second-order valence-corrected chi connectivity index (χ2v) is 25.6. The van der Waals surface area contributed by atoms with E-state index in [1.807, 2.05) is 243 Å². The van der Waals surface area contributed by atoms with E-state index >= 15 is 0 Å². The summed E-state index contributed by atoms with van der Waals surface area (Å²) in [6.45, 7) is 16.8.